The molecule has 1 spiro atoms. The first-order valence-corrected chi connectivity index (χ1v) is 24.1. The third-order valence-corrected chi connectivity index (χ3v) is 15.5. The minimum atomic E-state index is -3.72. The van der Waals surface area contributed by atoms with Crippen LogP contribution in [0.25, 0.3) is 0 Å². The number of anilines is 1. The van der Waals surface area contributed by atoms with Crippen molar-refractivity contribution in [2.75, 3.05) is 38.8 Å². The second kappa shape index (κ2) is 19.7. The minimum absolute atomic E-state index is 0.0296. The van der Waals surface area contributed by atoms with E-state index in [4.69, 9.17) is 30.5 Å². The van der Waals surface area contributed by atoms with Gasteiger partial charge in [-0.1, -0.05) is 54.1 Å². The van der Waals surface area contributed by atoms with Crippen molar-refractivity contribution in [1.29, 1.82) is 0 Å². The summed E-state index contributed by atoms with van der Waals surface area (Å²) in [6, 6.07) is 26.7. The monoisotopic (exact) mass is 898 g/mol. The average Bonchev–Trinajstić information content (AvgIpc) is 3.39. The molecule has 63 heavy (non-hydrogen) atoms. The summed E-state index contributed by atoms with van der Waals surface area (Å²) in [5.74, 6) is 1.98. The second-order valence-corrected chi connectivity index (χ2v) is 21.4. The number of aliphatic hydroxyl groups excluding tert-OH is 1. The van der Waals surface area contributed by atoms with Crippen molar-refractivity contribution in [3.63, 3.8) is 0 Å². The van der Waals surface area contributed by atoms with Crippen molar-refractivity contribution in [3.05, 3.63) is 130 Å². The Labute approximate surface area is 379 Å². The smallest absolute Gasteiger partial charge is 0.338 e. The summed E-state index contributed by atoms with van der Waals surface area (Å²) in [7, 11) is -0.509. The Morgan fingerprint density at radius 2 is 1.63 bits per heavy atom. The van der Waals surface area contributed by atoms with Crippen molar-refractivity contribution in [2.45, 2.75) is 108 Å². The molecule has 1 fully saturated rings. The van der Waals surface area contributed by atoms with Crippen LogP contribution in [0.3, 0.4) is 0 Å². The third kappa shape index (κ3) is 11.0. The molecule has 10 nitrogen and oxygen atoms in total. The Morgan fingerprint density at radius 1 is 0.968 bits per heavy atom. The van der Waals surface area contributed by atoms with Gasteiger partial charge in [0.05, 0.1) is 43.4 Å². The van der Waals surface area contributed by atoms with E-state index in [1.165, 1.54) is 11.1 Å². The predicted octanol–water partition coefficient (Wildman–Crippen LogP) is 9.93. The van der Waals surface area contributed by atoms with Gasteiger partial charge in [-0.15, -0.1) is 0 Å². The molecule has 0 radical (unpaired) electrons. The number of methoxy groups -OCH3 is 2. The number of rotatable bonds is 16. The molecule has 3 aliphatic rings. The fraction of sp³-hybridized carbons (Fsp3) is 0.471. The van der Waals surface area contributed by atoms with Gasteiger partial charge < -0.3 is 29.0 Å². The quantitative estimate of drug-likeness (QED) is 0.0867. The Hall–Kier alpha value is -4.55. The van der Waals surface area contributed by atoms with Gasteiger partial charge in [-0.2, -0.15) is 4.31 Å². The largest absolute Gasteiger partial charge is 0.497 e. The first kappa shape index (κ1) is 46.4. The normalized spacial score (nSPS) is 20.9. The molecule has 1 aliphatic heterocycles. The molecule has 4 aromatic rings. The number of carbonyl (C=O) groups is 1. The molecule has 5 atom stereocenters. The molecular formula is C51H63ClN2O8S. The molecule has 12 heteroatoms. The highest BCUT2D eigenvalue weighted by molar-refractivity contribution is 7.89. The number of carbonyl (C=O) groups excluding carboxylic acids is 1. The lowest BCUT2D eigenvalue weighted by Crippen LogP contribution is -2.49. The maximum Gasteiger partial charge on any atom is 0.338 e. The topological polar surface area (TPSA) is 115 Å². The number of hydrogen-bond donors (Lipinski definition) is 1. The number of sulfonamides is 1. The van der Waals surface area contributed by atoms with E-state index < -0.39 is 27.0 Å². The molecule has 338 valence electrons. The number of aryl methyl sites for hydroxylation is 1. The molecule has 0 saturated heterocycles. The molecule has 0 amide bonds. The number of halogens is 1. The highest BCUT2D eigenvalue weighted by Crippen LogP contribution is 2.47. The lowest BCUT2D eigenvalue weighted by molar-refractivity contribution is 0.00694. The Kier molecular flexibility index (Phi) is 14.5. The minimum Gasteiger partial charge on any atom is -0.497 e. The van der Waals surface area contributed by atoms with Crippen LogP contribution in [0.2, 0.25) is 5.02 Å². The van der Waals surface area contributed by atoms with Crippen molar-refractivity contribution in [2.24, 2.45) is 11.8 Å². The molecule has 1 N–H and O–H groups in total. The molecule has 1 saturated carbocycles. The van der Waals surface area contributed by atoms with Crippen LogP contribution in [0.1, 0.15) is 98.8 Å². The zero-order valence-corrected chi connectivity index (χ0v) is 39.1. The van der Waals surface area contributed by atoms with Crippen LogP contribution in [0.5, 0.6) is 17.2 Å². The van der Waals surface area contributed by atoms with E-state index in [0.717, 1.165) is 59.7 Å². The first-order chi connectivity index (χ1) is 30.1. The number of fused-ring (bicyclic) bond motifs is 3. The van der Waals surface area contributed by atoms with Gasteiger partial charge in [0.25, 0.3) is 0 Å². The van der Waals surface area contributed by atoms with Crippen LogP contribution in [0.15, 0.2) is 97.1 Å². The Balaban J connectivity index is 1.04. The van der Waals surface area contributed by atoms with E-state index >= 15 is 0 Å². The Bertz CT molecular complexity index is 2300. The number of nitrogens with zero attached hydrogens (tertiary/aromatic N) is 2. The summed E-state index contributed by atoms with van der Waals surface area (Å²) >= 11 is 6.49. The number of esters is 1. The lowest BCUT2D eigenvalue weighted by atomic mass is 9.68. The second-order valence-electron chi connectivity index (χ2n) is 18.6. The van der Waals surface area contributed by atoms with Gasteiger partial charge in [0.15, 0.2) is 0 Å². The first-order valence-electron chi connectivity index (χ1n) is 22.2. The maximum atomic E-state index is 14.2. The standard InChI is InChI=1S/C51H63ClN2O8S/c1-35(63(57,58)54(30-36-13-20-42(59-5)21-14-36)31-37-15-22-43(60-6)23-16-37)10-7-8-12-47(55)44-24-17-40(44)32-53-33-51(27-9-11-38-28-41(52)19-25-45(38)51)34-61-48-26-18-39(29-46(48)53)49(56)62-50(2,3)4/h8,12-16,18-23,25-26,28-29,35,40,44,47,55H,7,9-11,17,24,27,30-34H2,1-6H3/b12-8+/t35-,40-,44+,47-,51-/m0/s1. The molecular weight excluding hydrogens is 836 g/mol. The van der Waals surface area contributed by atoms with E-state index in [0.29, 0.717) is 49.6 Å². The zero-order valence-electron chi connectivity index (χ0n) is 37.5. The van der Waals surface area contributed by atoms with Gasteiger partial charge in [0.1, 0.15) is 22.8 Å². The fourth-order valence-corrected chi connectivity index (χ4v) is 11.1. The van der Waals surface area contributed by atoms with Crippen LogP contribution in [-0.2, 0) is 39.7 Å². The van der Waals surface area contributed by atoms with Crippen LogP contribution in [-0.4, -0.2) is 74.7 Å². The number of hydrogen-bond acceptors (Lipinski definition) is 9. The van der Waals surface area contributed by atoms with Gasteiger partial charge in [-0.05, 0) is 161 Å². The maximum absolute atomic E-state index is 14.2. The molecule has 0 unspecified atom stereocenters. The van der Waals surface area contributed by atoms with E-state index in [9.17, 15) is 18.3 Å². The van der Waals surface area contributed by atoms with Crippen molar-refractivity contribution >= 4 is 33.3 Å². The predicted molar refractivity (Wildman–Crippen MR) is 250 cm³/mol. The average molecular weight is 900 g/mol. The highest BCUT2D eigenvalue weighted by atomic mass is 35.5. The van der Waals surface area contributed by atoms with E-state index in [1.54, 1.807) is 31.5 Å². The van der Waals surface area contributed by atoms with Gasteiger partial charge in [-0.25, -0.2) is 13.2 Å². The van der Waals surface area contributed by atoms with Crippen LogP contribution >= 0.6 is 11.6 Å². The molecule has 1 heterocycles. The van der Waals surface area contributed by atoms with Gasteiger partial charge in [0, 0.05) is 36.6 Å². The number of aliphatic hydroxyl groups is 1. The van der Waals surface area contributed by atoms with Gasteiger partial charge >= 0.3 is 5.97 Å². The van der Waals surface area contributed by atoms with Crippen LogP contribution in [0.4, 0.5) is 5.69 Å². The summed E-state index contributed by atoms with van der Waals surface area (Å²) in [4.78, 5) is 15.7. The number of allylic oxidation sites excluding steroid dienone is 1. The van der Waals surface area contributed by atoms with Gasteiger partial charge in [-0.3, -0.25) is 0 Å². The van der Waals surface area contributed by atoms with Crippen LogP contribution < -0.4 is 19.1 Å². The SMILES string of the molecule is COc1ccc(CN(Cc2ccc(OC)cc2)S(=O)(=O)[C@@H](C)CC/C=C/[C@H](O)[C@@H]2CC[C@H]2CN2C[C@@]3(CCCc4cc(Cl)ccc43)COc3ccc(C(=O)OC(C)(C)C)cc32)cc1. The molecule has 7 rings (SSSR count). The Morgan fingerprint density at radius 3 is 2.24 bits per heavy atom. The number of ether oxygens (including phenoxy) is 4. The molecule has 4 aromatic carbocycles. The zero-order chi connectivity index (χ0) is 44.9. The fourth-order valence-electron chi connectivity index (χ4n) is 9.35. The lowest BCUT2D eigenvalue weighted by Gasteiger charge is -2.45. The summed E-state index contributed by atoms with van der Waals surface area (Å²) in [5.41, 5.74) is 4.65. The summed E-state index contributed by atoms with van der Waals surface area (Å²) in [6.45, 7) is 9.68. The van der Waals surface area contributed by atoms with E-state index in [-0.39, 0.29) is 36.3 Å². The molecule has 0 bridgehead atoms. The van der Waals surface area contributed by atoms with Crippen LogP contribution in [0, 0.1) is 11.8 Å². The highest BCUT2D eigenvalue weighted by Gasteiger charge is 2.44. The van der Waals surface area contributed by atoms with E-state index in [1.807, 2.05) is 99.7 Å². The van der Waals surface area contributed by atoms with Crippen molar-refractivity contribution in [3.8, 4) is 17.2 Å². The van der Waals surface area contributed by atoms with Crippen molar-refractivity contribution < 1.29 is 37.3 Å². The summed E-state index contributed by atoms with van der Waals surface area (Å²) in [6.07, 6.45) is 8.80. The number of benzene rings is 4. The molecule has 0 aromatic heterocycles. The van der Waals surface area contributed by atoms with Crippen molar-refractivity contribution in [1.82, 2.24) is 4.31 Å². The van der Waals surface area contributed by atoms with Gasteiger partial charge in [0.2, 0.25) is 10.0 Å². The summed E-state index contributed by atoms with van der Waals surface area (Å²) < 4.78 is 53.0. The van der Waals surface area contributed by atoms with E-state index in [2.05, 4.69) is 17.0 Å². The summed E-state index contributed by atoms with van der Waals surface area (Å²) in [5, 5.41) is 11.7. The molecule has 2 aliphatic carbocycles. The third-order valence-electron chi connectivity index (χ3n) is 13.0.